The minimum atomic E-state index is -0.330. The first-order valence-corrected chi connectivity index (χ1v) is 10.1. The molecule has 0 aliphatic rings. The molecule has 0 bridgehead atoms. The van der Waals surface area contributed by atoms with Crippen LogP contribution in [0.25, 0.3) is 20.8 Å². The average molecular weight is 400 g/mol. The van der Waals surface area contributed by atoms with E-state index >= 15 is 0 Å². The fourth-order valence-electron chi connectivity index (χ4n) is 2.84. The third-order valence-corrected chi connectivity index (χ3v) is 5.46. The molecule has 1 aromatic heterocycles. The first kappa shape index (κ1) is 20.1. The van der Waals surface area contributed by atoms with Crippen LogP contribution in [0.2, 0.25) is 0 Å². The number of unbranched alkanes of at least 4 members (excludes halogenated alkanes) is 3. The van der Waals surface area contributed by atoms with Gasteiger partial charge in [0.1, 0.15) is 16.5 Å². The van der Waals surface area contributed by atoms with Gasteiger partial charge in [-0.3, -0.25) is 10.0 Å². The van der Waals surface area contributed by atoms with E-state index in [1.54, 1.807) is 23.9 Å². The number of aromatic nitrogens is 1. The van der Waals surface area contributed by atoms with Gasteiger partial charge in [0.05, 0.1) is 23.9 Å². The van der Waals surface area contributed by atoms with Crippen LogP contribution in [0.3, 0.4) is 0 Å². The van der Waals surface area contributed by atoms with E-state index in [0.717, 1.165) is 58.0 Å². The zero-order valence-electron chi connectivity index (χ0n) is 15.8. The summed E-state index contributed by atoms with van der Waals surface area (Å²) in [6, 6.07) is 13.9. The first-order valence-electron chi connectivity index (χ1n) is 9.30. The van der Waals surface area contributed by atoms with Crippen molar-refractivity contribution < 1.29 is 19.5 Å². The normalized spacial score (nSPS) is 10.8. The van der Waals surface area contributed by atoms with Gasteiger partial charge in [-0.2, -0.15) is 0 Å². The van der Waals surface area contributed by atoms with Crippen LogP contribution in [0.4, 0.5) is 0 Å². The number of fused-ring (bicyclic) bond motifs is 1. The molecule has 0 saturated carbocycles. The molecule has 7 heteroatoms. The number of thiazole rings is 1. The van der Waals surface area contributed by atoms with E-state index in [1.165, 1.54) is 0 Å². The lowest BCUT2D eigenvalue weighted by atomic mass is 10.1. The Labute approximate surface area is 168 Å². The highest BCUT2D eigenvalue weighted by molar-refractivity contribution is 7.21. The molecule has 0 fully saturated rings. The van der Waals surface area contributed by atoms with E-state index in [1.807, 2.05) is 42.5 Å². The Bertz CT molecular complexity index is 908. The zero-order valence-corrected chi connectivity index (χ0v) is 16.6. The predicted molar refractivity (Wildman–Crippen MR) is 110 cm³/mol. The molecule has 0 aliphatic heterocycles. The molecule has 2 N–H and O–H groups in total. The van der Waals surface area contributed by atoms with Gasteiger partial charge in [-0.25, -0.2) is 10.5 Å². The first-order chi connectivity index (χ1) is 13.7. The van der Waals surface area contributed by atoms with Crippen LogP contribution in [-0.4, -0.2) is 29.8 Å². The highest BCUT2D eigenvalue weighted by Gasteiger charge is 2.07. The quantitative estimate of drug-likeness (QED) is 0.290. The van der Waals surface area contributed by atoms with Crippen LogP contribution in [0.1, 0.15) is 32.1 Å². The smallest absolute Gasteiger partial charge is 0.243 e. The number of hydrogen-bond acceptors (Lipinski definition) is 6. The lowest BCUT2D eigenvalue weighted by molar-refractivity contribution is -0.129. The van der Waals surface area contributed by atoms with E-state index in [-0.39, 0.29) is 5.91 Å². The van der Waals surface area contributed by atoms with Crippen molar-refractivity contribution in [1.82, 2.24) is 10.5 Å². The van der Waals surface area contributed by atoms with Crippen molar-refractivity contribution in [3.8, 4) is 22.1 Å². The molecule has 1 amide bonds. The van der Waals surface area contributed by atoms with Crippen molar-refractivity contribution in [1.29, 1.82) is 0 Å². The van der Waals surface area contributed by atoms with Gasteiger partial charge in [-0.05, 0) is 55.3 Å². The van der Waals surface area contributed by atoms with E-state index in [0.29, 0.717) is 13.0 Å². The summed E-state index contributed by atoms with van der Waals surface area (Å²) in [4.78, 5) is 15.6. The number of rotatable bonds is 10. The molecule has 3 rings (SSSR count). The van der Waals surface area contributed by atoms with Gasteiger partial charge in [0.15, 0.2) is 0 Å². The van der Waals surface area contributed by atoms with Crippen molar-refractivity contribution in [2.45, 2.75) is 32.1 Å². The average Bonchev–Trinajstić information content (AvgIpc) is 3.16. The molecule has 6 nitrogen and oxygen atoms in total. The van der Waals surface area contributed by atoms with Gasteiger partial charge in [0, 0.05) is 12.0 Å². The lowest BCUT2D eigenvalue weighted by Crippen LogP contribution is -2.17. The van der Waals surface area contributed by atoms with Crippen LogP contribution in [0.15, 0.2) is 42.5 Å². The maximum Gasteiger partial charge on any atom is 0.243 e. The monoisotopic (exact) mass is 400 g/mol. The number of ether oxygens (including phenoxy) is 2. The number of benzene rings is 2. The number of amides is 1. The zero-order chi connectivity index (χ0) is 19.8. The minimum absolute atomic E-state index is 0.330. The number of methoxy groups -OCH3 is 1. The number of carbonyl (C=O) groups is 1. The maximum atomic E-state index is 10.9. The molecule has 0 atom stereocenters. The summed E-state index contributed by atoms with van der Waals surface area (Å²) in [6.45, 7) is 0.645. The van der Waals surface area contributed by atoms with Gasteiger partial charge < -0.3 is 9.47 Å². The molecule has 0 spiro atoms. The summed E-state index contributed by atoms with van der Waals surface area (Å²) in [5.74, 6) is 1.35. The van der Waals surface area contributed by atoms with E-state index in [9.17, 15) is 4.79 Å². The van der Waals surface area contributed by atoms with E-state index in [4.69, 9.17) is 14.7 Å². The molecule has 0 radical (unpaired) electrons. The standard InChI is InChI=1S/C21H24N2O4S/c1-26-17-11-12-18-19(14-17)28-21(22-18)15-7-9-16(10-8-15)27-13-5-3-2-4-6-20(24)23-25/h7-12,14,25H,2-6,13H2,1H3,(H,23,24). The van der Waals surface area contributed by atoms with E-state index in [2.05, 4.69) is 4.98 Å². The molecule has 2 aromatic carbocycles. The van der Waals surface area contributed by atoms with Gasteiger partial charge in [-0.15, -0.1) is 11.3 Å². The highest BCUT2D eigenvalue weighted by Crippen LogP contribution is 2.33. The number of nitrogens with zero attached hydrogens (tertiary/aromatic N) is 1. The number of nitrogens with one attached hydrogen (secondary N) is 1. The Balaban J connectivity index is 1.47. The van der Waals surface area contributed by atoms with Crippen LogP contribution >= 0.6 is 11.3 Å². The molecule has 28 heavy (non-hydrogen) atoms. The third kappa shape index (κ3) is 5.43. The summed E-state index contributed by atoms with van der Waals surface area (Å²) in [6.07, 6.45) is 4.00. The summed E-state index contributed by atoms with van der Waals surface area (Å²) < 4.78 is 12.2. The van der Waals surface area contributed by atoms with Crippen LogP contribution < -0.4 is 15.0 Å². The summed E-state index contributed by atoms with van der Waals surface area (Å²) in [5.41, 5.74) is 3.68. The minimum Gasteiger partial charge on any atom is -0.497 e. The van der Waals surface area contributed by atoms with Crippen LogP contribution in [0, 0.1) is 0 Å². The maximum absolute atomic E-state index is 10.9. The third-order valence-electron chi connectivity index (χ3n) is 4.39. The van der Waals surface area contributed by atoms with Crippen molar-refractivity contribution >= 4 is 27.5 Å². The van der Waals surface area contributed by atoms with Crippen molar-refractivity contribution in [3.05, 3.63) is 42.5 Å². The molecular formula is C21H24N2O4S. The fourth-order valence-corrected chi connectivity index (χ4v) is 3.84. The molecular weight excluding hydrogens is 376 g/mol. The molecule has 0 unspecified atom stereocenters. The molecule has 148 valence electrons. The number of hydroxylamine groups is 1. The van der Waals surface area contributed by atoms with E-state index < -0.39 is 0 Å². The van der Waals surface area contributed by atoms with Crippen LogP contribution in [0.5, 0.6) is 11.5 Å². The Kier molecular flexibility index (Phi) is 7.22. The topological polar surface area (TPSA) is 80.7 Å². The SMILES string of the molecule is COc1ccc2nc(-c3ccc(OCCCCCCC(=O)NO)cc3)sc2c1. The van der Waals surface area contributed by atoms with Crippen molar-refractivity contribution in [2.75, 3.05) is 13.7 Å². The largest absolute Gasteiger partial charge is 0.497 e. The second-order valence-electron chi connectivity index (χ2n) is 6.42. The van der Waals surface area contributed by atoms with Crippen LogP contribution in [-0.2, 0) is 4.79 Å². The Morgan fingerprint density at radius 3 is 2.57 bits per heavy atom. The Hall–Kier alpha value is -2.64. The highest BCUT2D eigenvalue weighted by atomic mass is 32.1. The molecule has 3 aromatic rings. The van der Waals surface area contributed by atoms with Gasteiger partial charge >= 0.3 is 0 Å². The Morgan fingerprint density at radius 2 is 1.82 bits per heavy atom. The van der Waals surface area contributed by atoms with Gasteiger partial charge in [0.2, 0.25) is 5.91 Å². The van der Waals surface area contributed by atoms with Gasteiger partial charge in [0.25, 0.3) is 0 Å². The molecule has 0 saturated heterocycles. The summed E-state index contributed by atoms with van der Waals surface area (Å²) >= 11 is 1.64. The predicted octanol–water partition coefficient (Wildman–Crippen LogP) is 4.81. The second-order valence-corrected chi connectivity index (χ2v) is 7.46. The summed E-state index contributed by atoms with van der Waals surface area (Å²) in [7, 11) is 1.66. The lowest BCUT2D eigenvalue weighted by Gasteiger charge is -2.06. The van der Waals surface area contributed by atoms with Crippen molar-refractivity contribution in [2.24, 2.45) is 0 Å². The Morgan fingerprint density at radius 1 is 1.07 bits per heavy atom. The fraction of sp³-hybridized carbons (Fsp3) is 0.333. The van der Waals surface area contributed by atoms with Crippen molar-refractivity contribution in [3.63, 3.8) is 0 Å². The molecule has 1 heterocycles. The molecule has 0 aliphatic carbocycles. The number of carbonyl (C=O) groups excluding carboxylic acids is 1. The van der Waals surface area contributed by atoms with Gasteiger partial charge in [-0.1, -0.05) is 12.8 Å². The summed E-state index contributed by atoms with van der Waals surface area (Å²) in [5, 5.41) is 9.40. The number of hydrogen-bond donors (Lipinski definition) is 2. The second kappa shape index (κ2) is 10.1.